The number of fused-ring (bicyclic) bond motifs is 1. The van der Waals surface area contributed by atoms with Crippen molar-refractivity contribution in [2.75, 3.05) is 6.54 Å². The zero-order chi connectivity index (χ0) is 16.7. The monoisotopic (exact) mass is 326 g/mol. The third-order valence-corrected chi connectivity index (χ3v) is 5.54. The average Bonchev–Trinajstić information content (AvgIpc) is 3.22. The van der Waals surface area contributed by atoms with E-state index in [0.717, 1.165) is 46.9 Å². The first-order valence-electron chi connectivity index (χ1n) is 9.26. The molecule has 1 N–H and O–H groups in total. The van der Waals surface area contributed by atoms with Gasteiger partial charge in [0, 0.05) is 25.2 Å². The minimum atomic E-state index is 0.0263. The topological polar surface area (TPSA) is 59.8 Å². The minimum Gasteiger partial charge on any atom is -0.352 e. The van der Waals surface area contributed by atoms with E-state index in [1.54, 1.807) is 4.68 Å². The molecule has 2 heterocycles. The van der Waals surface area contributed by atoms with Gasteiger partial charge >= 0.3 is 0 Å². The number of pyridine rings is 1. The number of nitrogens with one attached hydrogen (secondary N) is 1. The fraction of sp³-hybridized carbons (Fsp3) is 0.632. The highest BCUT2D eigenvalue weighted by Crippen LogP contribution is 2.40. The van der Waals surface area contributed by atoms with Crippen LogP contribution >= 0.6 is 0 Å². The van der Waals surface area contributed by atoms with E-state index in [0.29, 0.717) is 5.92 Å². The molecular weight excluding hydrogens is 300 g/mol. The first kappa shape index (κ1) is 15.6. The lowest BCUT2D eigenvalue weighted by Crippen LogP contribution is -2.26. The first-order valence-corrected chi connectivity index (χ1v) is 9.26. The molecule has 0 bridgehead atoms. The van der Waals surface area contributed by atoms with E-state index in [2.05, 4.69) is 10.4 Å². The number of carbonyl (C=O) groups is 1. The summed E-state index contributed by atoms with van der Waals surface area (Å²) in [6.07, 6.45) is 8.80. The standard InChI is InChI=1S/C19H26N4O/c1-12-17-15(19(24)20-10-9-13-5-3-4-6-13)11-16(14-7-8-14)21-18(17)23(2)22-12/h11,13-14H,3-10H2,1-2H3,(H,20,24). The molecule has 2 aromatic rings. The second-order valence-electron chi connectivity index (χ2n) is 7.47. The van der Waals surface area contributed by atoms with Gasteiger partial charge in [-0.05, 0) is 38.2 Å². The number of amides is 1. The van der Waals surface area contributed by atoms with Crippen LogP contribution in [0.5, 0.6) is 0 Å². The van der Waals surface area contributed by atoms with Gasteiger partial charge in [-0.15, -0.1) is 0 Å². The Balaban J connectivity index is 1.58. The molecule has 0 aromatic carbocycles. The molecule has 0 radical (unpaired) electrons. The molecule has 5 nitrogen and oxygen atoms in total. The Morgan fingerprint density at radius 2 is 2.04 bits per heavy atom. The van der Waals surface area contributed by atoms with Gasteiger partial charge in [-0.2, -0.15) is 5.10 Å². The molecular formula is C19H26N4O. The molecule has 1 amide bonds. The van der Waals surface area contributed by atoms with E-state index in [1.807, 2.05) is 20.0 Å². The number of hydrogen-bond acceptors (Lipinski definition) is 3. The lowest BCUT2D eigenvalue weighted by atomic mass is 10.0. The third kappa shape index (κ3) is 2.92. The van der Waals surface area contributed by atoms with Gasteiger partial charge in [0.1, 0.15) is 0 Å². The molecule has 24 heavy (non-hydrogen) atoms. The van der Waals surface area contributed by atoms with Crippen LogP contribution in [0.3, 0.4) is 0 Å². The molecule has 0 spiro atoms. The van der Waals surface area contributed by atoms with E-state index in [-0.39, 0.29) is 5.91 Å². The molecule has 2 aliphatic carbocycles. The number of aryl methyl sites for hydroxylation is 2. The fourth-order valence-electron chi connectivity index (χ4n) is 4.02. The second-order valence-corrected chi connectivity index (χ2v) is 7.47. The number of rotatable bonds is 5. The lowest BCUT2D eigenvalue weighted by molar-refractivity contribution is 0.0953. The van der Waals surface area contributed by atoms with Crippen LogP contribution in [-0.2, 0) is 7.05 Å². The molecule has 128 valence electrons. The van der Waals surface area contributed by atoms with Gasteiger partial charge in [-0.3, -0.25) is 9.48 Å². The van der Waals surface area contributed by atoms with Gasteiger partial charge in [-0.1, -0.05) is 25.7 Å². The van der Waals surface area contributed by atoms with Gasteiger partial charge in [0.25, 0.3) is 5.91 Å². The molecule has 5 heteroatoms. The highest BCUT2D eigenvalue weighted by molar-refractivity contribution is 6.06. The summed E-state index contributed by atoms with van der Waals surface area (Å²) >= 11 is 0. The summed E-state index contributed by atoms with van der Waals surface area (Å²) in [6.45, 7) is 2.72. The predicted octanol–water partition coefficient (Wildman–Crippen LogP) is 3.46. The van der Waals surface area contributed by atoms with E-state index >= 15 is 0 Å². The summed E-state index contributed by atoms with van der Waals surface area (Å²) in [7, 11) is 1.90. The SMILES string of the molecule is Cc1nn(C)c2nc(C3CC3)cc(C(=O)NCCC3CCCC3)c12. The molecule has 0 aliphatic heterocycles. The summed E-state index contributed by atoms with van der Waals surface area (Å²) in [5, 5.41) is 8.51. The van der Waals surface area contributed by atoms with Gasteiger partial charge in [0.15, 0.2) is 5.65 Å². The van der Waals surface area contributed by atoms with Crippen LogP contribution in [0, 0.1) is 12.8 Å². The van der Waals surface area contributed by atoms with Crippen molar-refractivity contribution in [3.63, 3.8) is 0 Å². The van der Waals surface area contributed by atoms with E-state index in [4.69, 9.17) is 4.98 Å². The van der Waals surface area contributed by atoms with Crippen LogP contribution in [0.4, 0.5) is 0 Å². The van der Waals surface area contributed by atoms with Crippen molar-refractivity contribution in [2.45, 2.75) is 57.8 Å². The van der Waals surface area contributed by atoms with Gasteiger partial charge in [0.05, 0.1) is 16.6 Å². The average molecular weight is 326 g/mol. The minimum absolute atomic E-state index is 0.0263. The number of nitrogens with zero attached hydrogens (tertiary/aromatic N) is 3. The molecule has 2 saturated carbocycles. The summed E-state index contributed by atoms with van der Waals surface area (Å²) in [5.74, 6) is 1.35. The maximum atomic E-state index is 12.8. The van der Waals surface area contributed by atoms with Crippen LogP contribution in [0.25, 0.3) is 11.0 Å². The Morgan fingerprint density at radius 3 is 2.75 bits per heavy atom. The Labute approximate surface area is 142 Å². The summed E-state index contributed by atoms with van der Waals surface area (Å²) in [4.78, 5) is 17.6. The van der Waals surface area contributed by atoms with E-state index < -0.39 is 0 Å². The van der Waals surface area contributed by atoms with Crippen LogP contribution in [0.1, 0.15) is 72.6 Å². The van der Waals surface area contributed by atoms with Crippen LogP contribution in [0.2, 0.25) is 0 Å². The van der Waals surface area contributed by atoms with E-state index in [9.17, 15) is 4.79 Å². The van der Waals surface area contributed by atoms with Crippen LogP contribution < -0.4 is 5.32 Å². The van der Waals surface area contributed by atoms with Crippen molar-refractivity contribution in [1.82, 2.24) is 20.1 Å². The lowest BCUT2D eigenvalue weighted by Gasteiger charge is -2.11. The molecule has 2 aromatic heterocycles. The van der Waals surface area contributed by atoms with Crippen molar-refractivity contribution in [3.05, 3.63) is 23.0 Å². The molecule has 2 aliphatic rings. The van der Waals surface area contributed by atoms with Gasteiger partial charge in [-0.25, -0.2) is 4.98 Å². The Morgan fingerprint density at radius 1 is 1.29 bits per heavy atom. The zero-order valence-corrected chi connectivity index (χ0v) is 14.6. The molecule has 0 atom stereocenters. The summed E-state index contributed by atoms with van der Waals surface area (Å²) in [6, 6.07) is 2.00. The molecule has 2 fully saturated rings. The Hall–Kier alpha value is -1.91. The number of hydrogen-bond donors (Lipinski definition) is 1. The Kier molecular flexibility index (Phi) is 4.02. The second kappa shape index (κ2) is 6.19. The fourth-order valence-corrected chi connectivity index (χ4v) is 4.02. The quantitative estimate of drug-likeness (QED) is 0.915. The maximum absolute atomic E-state index is 12.8. The van der Waals surface area contributed by atoms with Crippen LogP contribution in [-0.4, -0.2) is 27.2 Å². The van der Waals surface area contributed by atoms with E-state index in [1.165, 1.54) is 38.5 Å². The smallest absolute Gasteiger partial charge is 0.252 e. The van der Waals surface area contributed by atoms with Gasteiger partial charge in [0.2, 0.25) is 0 Å². The third-order valence-electron chi connectivity index (χ3n) is 5.54. The predicted molar refractivity (Wildman–Crippen MR) is 94.1 cm³/mol. The van der Waals surface area contributed by atoms with Crippen molar-refractivity contribution in [1.29, 1.82) is 0 Å². The largest absolute Gasteiger partial charge is 0.352 e. The highest BCUT2D eigenvalue weighted by Gasteiger charge is 2.28. The molecule has 0 unspecified atom stereocenters. The van der Waals surface area contributed by atoms with Crippen LogP contribution in [0.15, 0.2) is 6.07 Å². The number of carbonyl (C=O) groups excluding carboxylic acids is 1. The summed E-state index contributed by atoms with van der Waals surface area (Å²) < 4.78 is 1.80. The molecule has 4 rings (SSSR count). The zero-order valence-electron chi connectivity index (χ0n) is 14.6. The Bertz CT molecular complexity index is 769. The maximum Gasteiger partial charge on any atom is 0.252 e. The highest BCUT2D eigenvalue weighted by atomic mass is 16.1. The normalized spacial score (nSPS) is 18.4. The van der Waals surface area contributed by atoms with Crippen molar-refractivity contribution >= 4 is 16.9 Å². The molecule has 0 saturated heterocycles. The number of aromatic nitrogens is 3. The first-order chi connectivity index (χ1) is 11.6. The van der Waals surface area contributed by atoms with Crippen molar-refractivity contribution < 1.29 is 4.79 Å². The van der Waals surface area contributed by atoms with Crippen molar-refractivity contribution in [2.24, 2.45) is 13.0 Å². The van der Waals surface area contributed by atoms with Crippen molar-refractivity contribution in [3.8, 4) is 0 Å². The summed E-state index contributed by atoms with van der Waals surface area (Å²) in [5.41, 5.74) is 3.51. The van der Waals surface area contributed by atoms with Gasteiger partial charge < -0.3 is 5.32 Å².